The molecule has 0 aliphatic carbocycles. The molecule has 0 saturated carbocycles. The van der Waals surface area contributed by atoms with E-state index in [1.165, 1.54) is 0 Å². The van der Waals surface area contributed by atoms with Crippen molar-refractivity contribution in [2.75, 3.05) is 0 Å². The minimum Gasteiger partial charge on any atom is -0.235 e. The molecule has 0 atom stereocenters. The lowest BCUT2D eigenvalue weighted by atomic mass is 10.3. The first-order valence-corrected chi connectivity index (χ1v) is 4.78. The molecule has 5 heteroatoms. The van der Waals surface area contributed by atoms with Crippen LogP contribution in [-0.4, -0.2) is 15.0 Å². The highest BCUT2D eigenvalue weighted by molar-refractivity contribution is 9.10. The normalized spacial score (nSPS) is 10.5. The van der Waals surface area contributed by atoms with Gasteiger partial charge in [0.2, 0.25) is 0 Å². The molecule has 2 rings (SSSR count). The minimum atomic E-state index is 0.560. The molecule has 0 saturated heterocycles. The topological polar surface area (TPSA) is 38.7 Å². The average molecular weight is 289 g/mol. The minimum absolute atomic E-state index is 0.560. The molecule has 3 nitrogen and oxygen atoms in total. The summed E-state index contributed by atoms with van der Waals surface area (Å²) < 4.78 is 1.49. The van der Waals surface area contributed by atoms with Gasteiger partial charge in [0.1, 0.15) is 0 Å². The summed E-state index contributed by atoms with van der Waals surface area (Å²) in [7, 11) is 0. The molecule has 0 unspecified atom stereocenters. The number of nitrogens with zero attached hydrogens (tertiary/aromatic N) is 3. The zero-order valence-electron chi connectivity index (χ0n) is 5.83. The van der Waals surface area contributed by atoms with Crippen LogP contribution in [0.2, 0.25) is 0 Å². The Labute approximate surface area is 85.5 Å². The Morgan fingerprint density at radius 1 is 1.08 bits per heavy atom. The Balaban J connectivity index is 2.79. The fourth-order valence-corrected chi connectivity index (χ4v) is 1.49. The van der Waals surface area contributed by atoms with Crippen molar-refractivity contribution in [3.63, 3.8) is 0 Å². The summed E-state index contributed by atoms with van der Waals surface area (Å²) in [6.07, 6.45) is 3.44. The van der Waals surface area contributed by atoms with E-state index < -0.39 is 0 Å². The van der Waals surface area contributed by atoms with E-state index in [1.54, 1.807) is 12.4 Å². The molecule has 0 amide bonds. The number of hydrogen-bond acceptors (Lipinski definition) is 3. The molecule has 0 aliphatic rings. The maximum Gasteiger partial charge on any atom is 0.198 e. The van der Waals surface area contributed by atoms with Gasteiger partial charge in [-0.05, 0) is 37.9 Å². The summed E-state index contributed by atoms with van der Waals surface area (Å²) in [6.45, 7) is 0. The van der Waals surface area contributed by atoms with Gasteiger partial charge < -0.3 is 0 Å². The molecule has 2 aromatic heterocycles. The second kappa shape index (κ2) is 3.06. The van der Waals surface area contributed by atoms with Crippen molar-refractivity contribution in [3.8, 4) is 0 Å². The van der Waals surface area contributed by atoms with Crippen molar-refractivity contribution < 1.29 is 0 Å². The van der Waals surface area contributed by atoms with Gasteiger partial charge in [-0.15, -0.1) is 0 Å². The van der Waals surface area contributed by atoms with Gasteiger partial charge in [0.05, 0.1) is 0 Å². The van der Waals surface area contributed by atoms with Crippen LogP contribution in [0.4, 0.5) is 0 Å². The maximum absolute atomic E-state index is 4.11. The number of hydrogen-bond donors (Lipinski definition) is 0. The lowest BCUT2D eigenvalue weighted by Gasteiger charge is -1.95. The van der Waals surface area contributed by atoms with Crippen LogP contribution in [0.25, 0.3) is 11.0 Å². The summed E-state index contributed by atoms with van der Waals surface area (Å²) >= 11 is 6.50. The van der Waals surface area contributed by atoms with Gasteiger partial charge >= 0.3 is 0 Å². The molecule has 0 fully saturated rings. The van der Waals surface area contributed by atoms with Crippen molar-refractivity contribution in [3.05, 3.63) is 27.7 Å². The smallest absolute Gasteiger partial charge is 0.198 e. The molecule has 0 N–H and O–H groups in total. The first-order chi connectivity index (χ1) is 5.75. The first kappa shape index (κ1) is 8.07. The predicted octanol–water partition coefficient (Wildman–Crippen LogP) is 2.55. The molecule has 0 bridgehead atoms. The Hall–Kier alpha value is -0.550. The van der Waals surface area contributed by atoms with Gasteiger partial charge in [0, 0.05) is 22.3 Å². The number of fused-ring (bicyclic) bond motifs is 1. The first-order valence-electron chi connectivity index (χ1n) is 3.19. The monoisotopic (exact) mass is 287 g/mol. The molecular weight excluding hydrogens is 286 g/mol. The van der Waals surface area contributed by atoms with Gasteiger partial charge in [0.25, 0.3) is 0 Å². The SMILES string of the molecule is Brc1cnc2nc(Br)ncc2c1. The van der Waals surface area contributed by atoms with Crippen LogP contribution < -0.4 is 0 Å². The number of aromatic nitrogens is 3. The highest BCUT2D eigenvalue weighted by atomic mass is 79.9. The number of halogens is 2. The van der Waals surface area contributed by atoms with E-state index in [-0.39, 0.29) is 0 Å². The molecule has 12 heavy (non-hydrogen) atoms. The Morgan fingerprint density at radius 2 is 1.92 bits per heavy atom. The van der Waals surface area contributed by atoms with Crippen LogP contribution in [0, 0.1) is 0 Å². The molecule has 0 radical (unpaired) electrons. The van der Waals surface area contributed by atoms with Gasteiger partial charge in [0.15, 0.2) is 10.4 Å². The van der Waals surface area contributed by atoms with Gasteiger partial charge in [-0.3, -0.25) is 0 Å². The van der Waals surface area contributed by atoms with Gasteiger partial charge in [-0.25, -0.2) is 15.0 Å². The van der Waals surface area contributed by atoms with Crippen LogP contribution in [0.5, 0.6) is 0 Å². The lowest BCUT2D eigenvalue weighted by molar-refractivity contribution is 1.13. The highest BCUT2D eigenvalue weighted by Crippen LogP contribution is 2.15. The van der Waals surface area contributed by atoms with E-state index in [0.717, 1.165) is 9.86 Å². The third-order valence-corrected chi connectivity index (χ3v) is 2.19. The third kappa shape index (κ3) is 1.47. The second-order valence-corrected chi connectivity index (χ2v) is 3.83. The van der Waals surface area contributed by atoms with Crippen molar-refractivity contribution in [2.24, 2.45) is 0 Å². The molecule has 60 valence electrons. The third-order valence-electron chi connectivity index (χ3n) is 1.37. The second-order valence-electron chi connectivity index (χ2n) is 2.21. The maximum atomic E-state index is 4.11. The standard InChI is InChI=1S/C7H3Br2N3/c8-5-1-4-2-11-7(9)12-6(4)10-3-5/h1-3H. The zero-order chi connectivity index (χ0) is 8.55. The van der Waals surface area contributed by atoms with E-state index in [0.29, 0.717) is 10.4 Å². The molecule has 0 aliphatic heterocycles. The molecule has 0 spiro atoms. The van der Waals surface area contributed by atoms with E-state index in [2.05, 4.69) is 46.8 Å². The van der Waals surface area contributed by atoms with E-state index in [4.69, 9.17) is 0 Å². The zero-order valence-corrected chi connectivity index (χ0v) is 9.00. The van der Waals surface area contributed by atoms with E-state index in [9.17, 15) is 0 Å². The van der Waals surface area contributed by atoms with Crippen molar-refractivity contribution in [2.45, 2.75) is 0 Å². The van der Waals surface area contributed by atoms with Crippen molar-refractivity contribution >= 4 is 42.9 Å². The fourth-order valence-electron chi connectivity index (χ4n) is 0.875. The average Bonchev–Trinajstić information content (AvgIpc) is 2.05. The van der Waals surface area contributed by atoms with E-state index in [1.807, 2.05) is 6.07 Å². The molecule has 2 aromatic rings. The fraction of sp³-hybridized carbons (Fsp3) is 0. The van der Waals surface area contributed by atoms with Crippen molar-refractivity contribution in [1.29, 1.82) is 0 Å². The Kier molecular flexibility index (Phi) is 2.06. The van der Waals surface area contributed by atoms with Crippen LogP contribution in [0.3, 0.4) is 0 Å². The van der Waals surface area contributed by atoms with Crippen molar-refractivity contribution in [1.82, 2.24) is 15.0 Å². The van der Waals surface area contributed by atoms with Gasteiger partial charge in [-0.1, -0.05) is 0 Å². The molecule has 2 heterocycles. The summed E-state index contributed by atoms with van der Waals surface area (Å²) in [5.41, 5.74) is 0.695. The predicted molar refractivity (Wildman–Crippen MR) is 52.7 cm³/mol. The van der Waals surface area contributed by atoms with Crippen LogP contribution in [0.15, 0.2) is 27.7 Å². The van der Waals surface area contributed by atoms with Crippen LogP contribution >= 0.6 is 31.9 Å². The summed E-state index contributed by atoms with van der Waals surface area (Å²) in [4.78, 5) is 12.2. The quantitative estimate of drug-likeness (QED) is 0.700. The Morgan fingerprint density at radius 3 is 2.75 bits per heavy atom. The van der Waals surface area contributed by atoms with E-state index >= 15 is 0 Å². The van der Waals surface area contributed by atoms with Gasteiger partial charge in [-0.2, -0.15) is 0 Å². The lowest BCUT2D eigenvalue weighted by Crippen LogP contribution is -1.86. The highest BCUT2D eigenvalue weighted by Gasteiger charge is 1.98. The Bertz CT molecular complexity index is 389. The molecule has 0 aromatic carbocycles. The molecular formula is C7H3Br2N3. The number of rotatable bonds is 0. The summed E-state index contributed by atoms with van der Waals surface area (Å²) in [5.74, 6) is 0. The number of pyridine rings is 1. The summed E-state index contributed by atoms with van der Waals surface area (Å²) in [6, 6.07) is 1.93. The largest absolute Gasteiger partial charge is 0.235 e. The summed E-state index contributed by atoms with van der Waals surface area (Å²) in [5, 5.41) is 0.924. The van der Waals surface area contributed by atoms with Crippen LogP contribution in [-0.2, 0) is 0 Å². The van der Waals surface area contributed by atoms with Crippen LogP contribution in [0.1, 0.15) is 0 Å².